The number of oxazole rings is 1. The molecule has 1 aliphatic carbocycles. The van der Waals surface area contributed by atoms with E-state index in [0.29, 0.717) is 63.0 Å². The monoisotopic (exact) mass is 653 g/mol. The van der Waals surface area contributed by atoms with Crippen molar-refractivity contribution in [1.29, 1.82) is 0 Å². The van der Waals surface area contributed by atoms with Crippen molar-refractivity contribution >= 4 is 23.5 Å². The smallest absolute Gasteiger partial charge is 0.420 e. The molecule has 2 aliphatic heterocycles. The van der Waals surface area contributed by atoms with Crippen molar-refractivity contribution in [3.8, 4) is 0 Å². The molecule has 12 heteroatoms. The molecule has 3 aromatic rings. The molecule has 3 fully saturated rings. The van der Waals surface area contributed by atoms with Crippen LogP contribution < -0.4 is 9.80 Å². The van der Waals surface area contributed by atoms with E-state index in [0.717, 1.165) is 44.9 Å². The zero-order valence-electron chi connectivity index (χ0n) is 26.5. The number of Topliss-reactive ketones (excluding diaryl/α,β-unsaturated/α-hetero) is 1. The Bertz CT molecular complexity index is 1500. The van der Waals surface area contributed by atoms with Crippen LogP contribution in [0.15, 0.2) is 53.1 Å². The second-order valence-corrected chi connectivity index (χ2v) is 13.0. The summed E-state index contributed by atoms with van der Waals surface area (Å²) in [6.07, 6.45) is 2.59. The molecule has 0 unspecified atom stereocenters. The van der Waals surface area contributed by atoms with Gasteiger partial charge in [-0.25, -0.2) is 4.98 Å². The third-order valence-corrected chi connectivity index (χ3v) is 9.83. The summed E-state index contributed by atoms with van der Waals surface area (Å²) in [5.74, 6) is -0.817. The van der Waals surface area contributed by atoms with Gasteiger partial charge in [0.15, 0.2) is 5.69 Å². The molecule has 1 amide bonds. The van der Waals surface area contributed by atoms with Crippen molar-refractivity contribution in [3.05, 3.63) is 71.2 Å². The highest BCUT2D eigenvalue weighted by Gasteiger charge is 2.42. The minimum atomic E-state index is -4.84. The van der Waals surface area contributed by atoms with Crippen molar-refractivity contribution in [2.24, 2.45) is 5.92 Å². The lowest BCUT2D eigenvalue weighted by atomic mass is 9.85. The van der Waals surface area contributed by atoms with E-state index in [2.05, 4.69) is 22.1 Å². The number of pyridine rings is 1. The van der Waals surface area contributed by atoms with Gasteiger partial charge in [-0.2, -0.15) is 18.2 Å². The molecule has 0 spiro atoms. The van der Waals surface area contributed by atoms with Gasteiger partial charge < -0.3 is 24.2 Å². The Hall–Kier alpha value is -3.93. The van der Waals surface area contributed by atoms with E-state index in [-0.39, 0.29) is 24.3 Å². The molecular formula is C35H42F3N5O4. The molecule has 3 aliphatic rings. The Morgan fingerprint density at radius 1 is 0.872 bits per heavy atom. The predicted molar refractivity (Wildman–Crippen MR) is 170 cm³/mol. The number of aliphatic hydroxyl groups excluding tert-OH is 1. The van der Waals surface area contributed by atoms with E-state index >= 15 is 0 Å². The Balaban J connectivity index is 1.06. The molecule has 6 rings (SSSR count). The highest BCUT2D eigenvalue weighted by Crippen LogP contribution is 2.37. The van der Waals surface area contributed by atoms with Gasteiger partial charge in [0.25, 0.3) is 11.9 Å². The van der Waals surface area contributed by atoms with Crippen LogP contribution in [-0.2, 0) is 17.4 Å². The van der Waals surface area contributed by atoms with Gasteiger partial charge >= 0.3 is 6.18 Å². The number of ketones is 1. The van der Waals surface area contributed by atoms with Crippen LogP contribution in [0.4, 0.5) is 25.0 Å². The van der Waals surface area contributed by atoms with Gasteiger partial charge in [0.05, 0.1) is 0 Å². The first kappa shape index (κ1) is 33.0. The van der Waals surface area contributed by atoms with E-state index < -0.39 is 29.5 Å². The van der Waals surface area contributed by atoms with Gasteiger partial charge in [0.2, 0.25) is 11.5 Å². The van der Waals surface area contributed by atoms with Gasteiger partial charge in [-0.15, -0.1) is 0 Å². The second kappa shape index (κ2) is 14.5. The van der Waals surface area contributed by atoms with Crippen LogP contribution in [0, 0.1) is 5.92 Å². The number of carbonyl (C=O) groups is 2. The summed E-state index contributed by atoms with van der Waals surface area (Å²) in [5, 5.41) is 10.7. The van der Waals surface area contributed by atoms with Gasteiger partial charge in [-0.05, 0) is 61.1 Å². The van der Waals surface area contributed by atoms with Crippen LogP contribution >= 0.6 is 0 Å². The molecule has 1 saturated carbocycles. The summed E-state index contributed by atoms with van der Waals surface area (Å²) in [7, 11) is 0. The standard InChI is InChI=1S/C35H42F3N5O4/c36-35(37,38)32-31(47-34(40-32)43-18-14-26(15-19-43)25-8-3-1-4-9-25)28(44)22-24-12-13-29(39-23-24)41-16-7-17-42(21-20-41)33(46)30(45)27-10-5-2-6-11-27/h1,3-4,8-9,12-13,23,26-27,30,45H,2,5-7,10-11,14-22H2/t30-/m1/s1. The topological polar surface area (TPSA) is 103 Å². The van der Waals surface area contributed by atoms with E-state index in [1.807, 2.05) is 23.1 Å². The van der Waals surface area contributed by atoms with Crippen molar-refractivity contribution in [3.63, 3.8) is 0 Å². The van der Waals surface area contributed by atoms with Crippen molar-refractivity contribution in [2.45, 2.75) is 76.0 Å². The van der Waals surface area contributed by atoms with E-state index in [1.165, 1.54) is 11.8 Å². The van der Waals surface area contributed by atoms with Crippen molar-refractivity contribution in [1.82, 2.24) is 14.9 Å². The summed E-state index contributed by atoms with van der Waals surface area (Å²) in [6, 6.07) is 13.3. The van der Waals surface area contributed by atoms with E-state index in [9.17, 15) is 27.9 Å². The summed E-state index contributed by atoms with van der Waals surface area (Å²) in [4.78, 5) is 39.9. The summed E-state index contributed by atoms with van der Waals surface area (Å²) < 4.78 is 47.5. The summed E-state index contributed by atoms with van der Waals surface area (Å²) in [6.45, 7) is 3.15. The van der Waals surface area contributed by atoms with Gasteiger partial charge in [-0.3, -0.25) is 9.59 Å². The number of rotatable bonds is 8. The molecule has 2 saturated heterocycles. The molecule has 47 heavy (non-hydrogen) atoms. The molecule has 1 aromatic carbocycles. The Labute approximate surface area is 272 Å². The minimum absolute atomic E-state index is 0.0285. The fourth-order valence-corrected chi connectivity index (χ4v) is 7.13. The van der Waals surface area contributed by atoms with Gasteiger partial charge in [0.1, 0.15) is 11.9 Å². The molecule has 1 atom stereocenters. The van der Waals surface area contributed by atoms with Crippen LogP contribution in [0.3, 0.4) is 0 Å². The Morgan fingerprint density at radius 2 is 1.62 bits per heavy atom. The molecule has 0 bridgehead atoms. The summed E-state index contributed by atoms with van der Waals surface area (Å²) in [5.41, 5.74) is 0.351. The minimum Gasteiger partial charge on any atom is -0.420 e. The number of alkyl halides is 3. The predicted octanol–water partition coefficient (Wildman–Crippen LogP) is 5.88. The lowest BCUT2D eigenvalue weighted by molar-refractivity contribution is -0.143. The number of halogens is 3. The number of piperidine rings is 1. The molecule has 9 nitrogen and oxygen atoms in total. The fourth-order valence-electron chi connectivity index (χ4n) is 7.13. The number of hydrogen-bond acceptors (Lipinski definition) is 8. The third-order valence-electron chi connectivity index (χ3n) is 9.83. The normalized spacial score (nSPS) is 19.4. The third kappa shape index (κ3) is 7.80. The van der Waals surface area contributed by atoms with Gasteiger partial charge in [-0.1, -0.05) is 55.7 Å². The highest BCUT2D eigenvalue weighted by molar-refractivity contribution is 5.96. The maximum absolute atomic E-state index is 14.0. The van der Waals surface area contributed by atoms with E-state index in [1.54, 1.807) is 21.9 Å². The van der Waals surface area contributed by atoms with Crippen LogP contribution in [0.2, 0.25) is 0 Å². The maximum Gasteiger partial charge on any atom is 0.437 e. The van der Waals surface area contributed by atoms with Crippen LogP contribution in [0.25, 0.3) is 0 Å². The molecule has 1 N–H and O–H groups in total. The number of aliphatic hydroxyl groups is 1. The first-order valence-electron chi connectivity index (χ1n) is 16.7. The Morgan fingerprint density at radius 3 is 2.30 bits per heavy atom. The zero-order chi connectivity index (χ0) is 33.0. The first-order valence-corrected chi connectivity index (χ1v) is 16.7. The largest absolute Gasteiger partial charge is 0.437 e. The van der Waals surface area contributed by atoms with Crippen LogP contribution in [-0.4, -0.2) is 77.0 Å². The van der Waals surface area contributed by atoms with E-state index in [4.69, 9.17) is 4.42 Å². The number of carbonyl (C=O) groups excluding carboxylic acids is 2. The second-order valence-electron chi connectivity index (χ2n) is 13.0. The highest BCUT2D eigenvalue weighted by atomic mass is 19.4. The van der Waals surface area contributed by atoms with Crippen LogP contribution in [0.5, 0.6) is 0 Å². The molecule has 0 radical (unpaired) electrons. The average molecular weight is 654 g/mol. The number of nitrogens with zero attached hydrogens (tertiary/aromatic N) is 5. The number of benzene rings is 1. The lowest BCUT2D eigenvalue weighted by Crippen LogP contribution is -2.44. The molecular weight excluding hydrogens is 611 g/mol. The fraction of sp³-hybridized carbons (Fsp3) is 0.543. The zero-order valence-corrected chi connectivity index (χ0v) is 26.5. The molecule has 2 aromatic heterocycles. The first-order chi connectivity index (χ1) is 22.7. The van der Waals surface area contributed by atoms with Gasteiger partial charge in [0, 0.05) is 51.9 Å². The van der Waals surface area contributed by atoms with Crippen molar-refractivity contribution in [2.75, 3.05) is 49.1 Å². The lowest BCUT2D eigenvalue weighted by Gasteiger charge is -2.31. The van der Waals surface area contributed by atoms with Crippen molar-refractivity contribution < 1.29 is 32.3 Å². The average Bonchev–Trinajstić information content (AvgIpc) is 3.42. The number of aromatic nitrogens is 2. The molecule has 4 heterocycles. The van der Waals surface area contributed by atoms with Crippen LogP contribution in [0.1, 0.15) is 84.7 Å². The number of hydrogen-bond donors (Lipinski definition) is 1. The SMILES string of the molecule is O=C(Cc1ccc(N2CCCN(C(=O)[C@H](O)C3CCCCC3)CC2)nc1)c1oc(N2CCC(c3ccccc3)CC2)nc1C(F)(F)F. The number of anilines is 2. The quantitative estimate of drug-likeness (QED) is 0.301. The maximum atomic E-state index is 14.0. The molecule has 252 valence electrons. The number of amides is 1. The Kier molecular flexibility index (Phi) is 10.1. The summed E-state index contributed by atoms with van der Waals surface area (Å²) >= 11 is 0.